The zero-order chi connectivity index (χ0) is 22.9. The fourth-order valence-electron chi connectivity index (χ4n) is 3.33. The summed E-state index contributed by atoms with van der Waals surface area (Å²) in [6, 6.07) is 13.5. The molecular weight excluding hydrogens is 404 g/mol. The van der Waals surface area contributed by atoms with Crippen molar-refractivity contribution >= 4 is 11.9 Å². The molecule has 0 atom stereocenters. The predicted molar refractivity (Wildman–Crippen MR) is 126 cm³/mol. The van der Waals surface area contributed by atoms with Crippen molar-refractivity contribution in [2.24, 2.45) is 0 Å². The Kier molecular flexibility index (Phi) is 8.08. The molecule has 0 saturated carbocycles. The summed E-state index contributed by atoms with van der Waals surface area (Å²) in [6.07, 6.45) is 4.99. The molecule has 3 aromatic rings. The van der Waals surface area contributed by atoms with Crippen molar-refractivity contribution in [1.82, 2.24) is 9.78 Å². The van der Waals surface area contributed by atoms with E-state index in [2.05, 4.69) is 5.10 Å². The average Bonchev–Trinajstić information content (AvgIpc) is 3.18. The molecule has 6 nitrogen and oxygen atoms in total. The molecule has 0 aliphatic rings. The summed E-state index contributed by atoms with van der Waals surface area (Å²) in [5.74, 6) is 2.11. The monoisotopic (exact) mass is 434 g/mol. The van der Waals surface area contributed by atoms with Gasteiger partial charge in [0.1, 0.15) is 12.4 Å². The van der Waals surface area contributed by atoms with Gasteiger partial charge in [-0.3, -0.25) is 9.48 Å². The number of ether oxygens (including phenoxy) is 3. The highest BCUT2D eigenvalue weighted by molar-refractivity contribution is 6.07. The quantitative estimate of drug-likeness (QED) is 0.295. The molecule has 32 heavy (non-hydrogen) atoms. The number of carbonyl (C=O) groups is 1. The normalized spacial score (nSPS) is 11.0. The van der Waals surface area contributed by atoms with Crippen LogP contribution in [0.3, 0.4) is 0 Å². The number of benzene rings is 2. The molecular formula is C26H30N2O4. The first-order chi connectivity index (χ1) is 15.5. The van der Waals surface area contributed by atoms with Crippen LogP contribution in [0.4, 0.5) is 0 Å². The fraction of sp³-hybridized carbons (Fsp3) is 0.308. The molecule has 2 aromatic carbocycles. The minimum atomic E-state index is -0.0636. The van der Waals surface area contributed by atoms with Gasteiger partial charge in [-0.15, -0.1) is 0 Å². The maximum Gasteiger partial charge on any atom is 0.189 e. The number of hydrogen-bond donors (Lipinski definition) is 0. The van der Waals surface area contributed by atoms with Crippen LogP contribution in [0.25, 0.3) is 6.08 Å². The standard InChI is InChI=1S/C26H30N2O4/c1-5-28-19(4)23(17-27-28)24(29)13-11-20-9-8-10-22(15-20)32-18-21-12-14-25(30-6-2)26(16-21)31-7-3/h8-17H,5-7,18H2,1-4H3/b13-11+. The van der Waals surface area contributed by atoms with Crippen LogP contribution in [0.15, 0.2) is 54.7 Å². The minimum Gasteiger partial charge on any atom is -0.490 e. The highest BCUT2D eigenvalue weighted by atomic mass is 16.5. The van der Waals surface area contributed by atoms with Crippen molar-refractivity contribution in [3.05, 3.63) is 77.1 Å². The first-order valence-corrected chi connectivity index (χ1v) is 10.9. The zero-order valence-corrected chi connectivity index (χ0v) is 19.1. The van der Waals surface area contributed by atoms with Crippen molar-refractivity contribution < 1.29 is 19.0 Å². The largest absolute Gasteiger partial charge is 0.490 e. The summed E-state index contributed by atoms with van der Waals surface area (Å²) < 4.78 is 19.1. The van der Waals surface area contributed by atoms with Crippen LogP contribution in [0.5, 0.6) is 17.2 Å². The smallest absolute Gasteiger partial charge is 0.189 e. The number of aryl methyl sites for hydroxylation is 1. The Morgan fingerprint density at radius 1 is 1.00 bits per heavy atom. The third-order valence-corrected chi connectivity index (χ3v) is 4.97. The number of carbonyl (C=O) groups excluding carboxylic acids is 1. The fourth-order valence-corrected chi connectivity index (χ4v) is 3.33. The van der Waals surface area contributed by atoms with Crippen LogP contribution < -0.4 is 14.2 Å². The molecule has 168 valence electrons. The molecule has 0 unspecified atom stereocenters. The molecule has 6 heteroatoms. The second kappa shape index (κ2) is 11.2. The van der Waals surface area contributed by atoms with Crippen LogP contribution >= 0.6 is 0 Å². The molecule has 0 amide bonds. The average molecular weight is 435 g/mol. The molecule has 0 radical (unpaired) electrons. The van der Waals surface area contributed by atoms with Crippen LogP contribution in [-0.2, 0) is 13.2 Å². The Bertz CT molecular complexity index is 1090. The Morgan fingerprint density at radius 3 is 2.50 bits per heavy atom. The van der Waals surface area contributed by atoms with E-state index in [-0.39, 0.29) is 5.78 Å². The van der Waals surface area contributed by atoms with Gasteiger partial charge in [-0.1, -0.05) is 24.3 Å². The van der Waals surface area contributed by atoms with Gasteiger partial charge in [0.15, 0.2) is 17.3 Å². The van der Waals surface area contributed by atoms with Gasteiger partial charge >= 0.3 is 0 Å². The van der Waals surface area contributed by atoms with Gasteiger partial charge < -0.3 is 14.2 Å². The Hall–Kier alpha value is -3.54. The second-order valence-corrected chi connectivity index (χ2v) is 7.17. The van der Waals surface area contributed by atoms with E-state index in [1.165, 1.54) is 0 Å². The molecule has 1 aromatic heterocycles. The van der Waals surface area contributed by atoms with Crippen LogP contribution in [0.1, 0.15) is 48.0 Å². The van der Waals surface area contributed by atoms with E-state index in [0.29, 0.717) is 31.1 Å². The lowest BCUT2D eigenvalue weighted by Gasteiger charge is -2.13. The maximum atomic E-state index is 12.5. The molecule has 0 fully saturated rings. The zero-order valence-electron chi connectivity index (χ0n) is 19.1. The van der Waals surface area contributed by atoms with Crippen molar-refractivity contribution in [3.8, 4) is 17.2 Å². The molecule has 0 aliphatic heterocycles. The van der Waals surface area contributed by atoms with Crippen LogP contribution in [0.2, 0.25) is 0 Å². The van der Waals surface area contributed by atoms with Gasteiger partial charge in [0.25, 0.3) is 0 Å². The Balaban J connectivity index is 1.66. The molecule has 0 bridgehead atoms. The van der Waals surface area contributed by atoms with E-state index in [1.54, 1.807) is 18.3 Å². The second-order valence-electron chi connectivity index (χ2n) is 7.17. The maximum absolute atomic E-state index is 12.5. The predicted octanol–water partition coefficient (Wildman–Crippen LogP) is 5.48. The van der Waals surface area contributed by atoms with E-state index < -0.39 is 0 Å². The highest BCUT2D eigenvalue weighted by Crippen LogP contribution is 2.29. The molecule has 0 spiro atoms. The lowest BCUT2D eigenvalue weighted by atomic mass is 10.1. The van der Waals surface area contributed by atoms with Crippen LogP contribution in [-0.4, -0.2) is 28.8 Å². The summed E-state index contributed by atoms with van der Waals surface area (Å²) in [6.45, 7) is 10.1. The number of nitrogens with zero attached hydrogens (tertiary/aromatic N) is 2. The van der Waals surface area contributed by atoms with Gasteiger partial charge in [0.05, 0.1) is 25.0 Å². The Morgan fingerprint density at radius 2 is 1.78 bits per heavy atom. The van der Waals surface area contributed by atoms with E-state index >= 15 is 0 Å². The van der Waals surface area contributed by atoms with E-state index in [1.807, 2.05) is 74.8 Å². The molecule has 0 aliphatic carbocycles. The van der Waals surface area contributed by atoms with E-state index in [4.69, 9.17) is 14.2 Å². The Labute approximate surface area is 189 Å². The lowest BCUT2D eigenvalue weighted by Crippen LogP contribution is -2.01. The van der Waals surface area contributed by atoms with Crippen molar-refractivity contribution in [1.29, 1.82) is 0 Å². The number of aromatic nitrogens is 2. The summed E-state index contributed by atoms with van der Waals surface area (Å²) in [5.41, 5.74) is 3.37. The van der Waals surface area contributed by atoms with Gasteiger partial charge in [-0.2, -0.15) is 5.10 Å². The van der Waals surface area contributed by atoms with Gasteiger partial charge in [-0.25, -0.2) is 0 Å². The SMILES string of the molecule is CCOc1ccc(COc2cccc(/C=C/C(=O)c3cnn(CC)c3C)c2)cc1OCC. The molecule has 0 N–H and O–H groups in total. The first-order valence-electron chi connectivity index (χ1n) is 10.9. The minimum absolute atomic E-state index is 0.0636. The summed E-state index contributed by atoms with van der Waals surface area (Å²) in [7, 11) is 0. The molecule has 0 saturated heterocycles. The number of hydrogen-bond acceptors (Lipinski definition) is 5. The summed E-state index contributed by atoms with van der Waals surface area (Å²) in [5, 5.41) is 4.24. The summed E-state index contributed by atoms with van der Waals surface area (Å²) in [4.78, 5) is 12.5. The molecule has 3 rings (SSSR count). The highest BCUT2D eigenvalue weighted by Gasteiger charge is 2.11. The number of ketones is 1. The third-order valence-electron chi connectivity index (χ3n) is 4.97. The van der Waals surface area contributed by atoms with Gasteiger partial charge in [-0.05, 0) is 69.2 Å². The van der Waals surface area contributed by atoms with Crippen molar-refractivity contribution in [3.63, 3.8) is 0 Å². The molecule has 1 heterocycles. The third kappa shape index (κ3) is 5.78. The van der Waals surface area contributed by atoms with Gasteiger partial charge in [0.2, 0.25) is 0 Å². The van der Waals surface area contributed by atoms with Crippen molar-refractivity contribution in [2.75, 3.05) is 13.2 Å². The topological polar surface area (TPSA) is 62.6 Å². The first kappa shape index (κ1) is 23.1. The lowest BCUT2D eigenvalue weighted by molar-refractivity contribution is 0.104. The number of rotatable bonds is 11. The van der Waals surface area contributed by atoms with Crippen LogP contribution in [0, 0.1) is 6.92 Å². The number of allylic oxidation sites excluding steroid dienone is 1. The van der Waals surface area contributed by atoms with Gasteiger partial charge in [0, 0.05) is 12.2 Å². The van der Waals surface area contributed by atoms with Crippen molar-refractivity contribution in [2.45, 2.75) is 40.8 Å². The van der Waals surface area contributed by atoms with E-state index in [9.17, 15) is 4.79 Å². The van der Waals surface area contributed by atoms with E-state index in [0.717, 1.165) is 34.9 Å². The summed E-state index contributed by atoms with van der Waals surface area (Å²) >= 11 is 0.